The topological polar surface area (TPSA) is 29.5 Å². The smallest absolute Gasteiger partial charge is 0.145 e. The van der Waals surface area contributed by atoms with Crippen molar-refractivity contribution in [2.75, 3.05) is 4.90 Å². The lowest BCUT2D eigenvalue weighted by atomic mass is 9.82. The third kappa shape index (κ3) is 4.80. The van der Waals surface area contributed by atoms with Crippen molar-refractivity contribution in [3.63, 3.8) is 0 Å². The second kappa shape index (κ2) is 12.3. The van der Waals surface area contributed by atoms with Gasteiger partial charge in [-0.05, 0) is 105 Å². The van der Waals surface area contributed by atoms with E-state index >= 15 is 0 Å². The lowest BCUT2D eigenvalue weighted by molar-refractivity contribution is 0.660. The first-order valence-corrected chi connectivity index (χ1v) is 20.0. The van der Waals surface area contributed by atoms with E-state index in [1.807, 2.05) is 12.1 Å². The van der Waals surface area contributed by atoms with Gasteiger partial charge in [-0.2, -0.15) is 0 Å². The molecule has 0 bridgehead atoms. The van der Waals surface area contributed by atoms with Crippen LogP contribution in [0.2, 0.25) is 0 Å². The summed E-state index contributed by atoms with van der Waals surface area (Å²) in [6.45, 7) is 4.70. The second-order valence-corrected chi connectivity index (χ2v) is 16.1. The Morgan fingerprint density at radius 2 is 1.09 bits per heavy atom. The van der Waals surface area contributed by atoms with E-state index in [0.29, 0.717) is 0 Å². The predicted octanol–water partition coefficient (Wildman–Crippen LogP) is 15.7. The highest BCUT2D eigenvalue weighted by Crippen LogP contribution is 2.55. The molecule has 0 saturated heterocycles. The van der Waals surface area contributed by atoms with Crippen LogP contribution in [0.25, 0.3) is 88.0 Å². The molecule has 0 amide bonds. The second-order valence-electron chi connectivity index (χ2n) is 16.1. The number of fused-ring (bicyclic) bond motifs is 10. The minimum atomic E-state index is -0.148. The predicted molar refractivity (Wildman–Crippen MR) is 242 cm³/mol. The van der Waals surface area contributed by atoms with Gasteiger partial charge in [-0.15, -0.1) is 0 Å². The van der Waals surface area contributed by atoms with Gasteiger partial charge in [0.15, 0.2) is 0 Å². The van der Waals surface area contributed by atoms with Crippen LogP contribution in [0.1, 0.15) is 25.0 Å². The zero-order valence-electron chi connectivity index (χ0n) is 32.2. The van der Waals surface area contributed by atoms with Gasteiger partial charge in [-0.25, -0.2) is 0 Å². The Morgan fingerprint density at radius 1 is 0.414 bits per heavy atom. The lowest BCUT2D eigenvalue weighted by Crippen LogP contribution is -2.16. The monoisotopic (exact) mass is 743 g/mol. The van der Waals surface area contributed by atoms with Gasteiger partial charge in [0, 0.05) is 38.4 Å². The first-order chi connectivity index (χ1) is 28.5. The van der Waals surface area contributed by atoms with Gasteiger partial charge < -0.3 is 13.7 Å². The summed E-state index contributed by atoms with van der Waals surface area (Å²) in [5.41, 5.74) is 16.4. The number of furan rings is 2. The molecule has 11 aromatic rings. The minimum absolute atomic E-state index is 0.148. The summed E-state index contributed by atoms with van der Waals surface area (Å²) >= 11 is 0. The lowest BCUT2D eigenvalue weighted by Gasteiger charge is -2.30. The Bertz CT molecular complexity index is 3440. The van der Waals surface area contributed by atoms with E-state index < -0.39 is 0 Å². The first kappa shape index (κ1) is 32.8. The van der Waals surface area contributed by atoms with Crippen LogP contribution < -0.4 is 4.90 Å². The maximum absolute atomic E-state index is 6.90. The van der Waals surface area contributed by atoms with Crippen molar-refractivity contribution in [2.24, 2.45) is 0 Å². The van der Waals surface area contributed by atoms with Crippen LogP contribution >= 0.6 is 0 Å². The fraction of sp³-hybridized carbons (Fsp3) is 0.0545. The van der Waals surface area contributed by atoms with E-state index in [-0.39, 0.29) is 5.41 Å². The third-order valence-electron chi connectivity index (χ3n) is 12.5. The molecule has 12 rings (SSSR count). The third-order valence-corrected chi connectivity index (χ3v) is 12.5. The highest BCUT2D eigenvalue weighted by molar-refractivity contribution is 6.18. The summed E-state index contributed by atoms with van der Waals surface area (Å²) in [6, 6.07) is 67.8. The van der Waals surface area contributed by atoms with Crippen LogP contribution in [0.5, 0.6) is 0 Å². The molecule has 1 aliphatic carbocycles. The van der Waals surface area contributed by atoms with Gasteiger partial charge >= 0.3 is 0 Å². The van der Waals surface area contributed by atoms with Crippen LogP contribution in [0.4, 0.5) is 17.1 Å². The Kier molecular flexibility index (Phi) is 6.98. The van der Waals surface area contributed by atoms with E-state index in [0.717, 1.165) is 83.2 Å². The molecule has 2 aromatic heterocycles. The summed E-state index contributed by atoms with van der Waals surface area (Å²) in [5.74, 6) is 0. The first-order valence-electron chi connectivity index (χ1n) is 20.0. The number of para-hydroxylation sites is 2. The van der Waals surface area contributed by atoms with Gasteiger partial charge in [0.25, 0.3) is 0 Å². The standard InChI is InChI=1S/C55H37NO2/c1-55(2)45-17-8-5-15-42(45)52-46(55)18-11-19-47(52)56(39-27-24-35(25-28-39)37-26-31-51-44(33-37)41-14-6-9-20-49(41)57-51)48-30-29-40(38-23-22-34-12-3-4-13-36(34)32-38)54-53(48)43-16-7-10-21-50(43)58-54/h3-33H,1-2H3. The van der Waals surface area contributed by atoms with Crippen LogP contribution in [-0.2, 0) is 5.41 Å². The summed E-state index contributed by atoms with van der Waals surface area (Å²) in [6.07, 6.45) is 0. The molecule has 0 unspecified atom stereocenters. The van der Waals surface area contributed by atoms with Crippen molar-refractivity contribution in [2.45, 2.75) is 19.3 Å². The molecule has 0 fully saturated rings. The van der Waals surface area contributed by atoms with Crippen molar-refractivity contribution < 1.29 is 8.83 Å². The number of hydrogen-bond acceptors (Lipinski definition) is 3. The summed E-state index contributed by atoms with van der Waals surface area (Å²) in [5, 5.41) is 6.86. The van der Waals surface area contributed by atoms with Crippen molar-refractivity contribution >= 4 is 71.7 Å². The van der Waals surface area contributed by atoms with E-state index in [2.05, 4.69) is 195 Å². The highest BCUT2D eigenvalue weighted by Gasteiger charge is 2.38. The number of benzene rings is 9. The molecular weight excluding hydrogens is 707 g/mol. The Hall–Kier alpha value is -7.36. The molecular formula is C55H37NO2. The largest absolute Gasteiger partial charge is 0.456 e. The minimum Gasteiger partial charge on any atom is -0.456 e. The summed E-state index contributed by atoms with van der Waals surface area (Å²) in [4.78, 5) is 2.46. The summed E-state index contributed by atoms with van der Waals surface area (Å²) < 4.78 is 13.1. The average Bonchev–Trinajstić information content (AvgIpc) is 3.92. The van der Waals surface area contributed by atoms with E-state index in [9.17, 15) is 0 Å². The fourth-order valence-electron chi connectivity index (χ4n) is 9.62. The Balaban J connectivity index is 1.10. The molecule has 0 atom stereocenters. The van der Waals surface area contributed by atoms with Gasteiger partial charge in [-0.3, -0.25) is 0 Å². The van der Waals surface area contributed by atoms with Crippen molar-refractivity contribution in [3.05, 3.63) is 199 Å². The van der Waals surface area contributed by atoms with Gasteiger partial charge in [0.2, 0.25) is 0 Å². The van der Waals surface area contributed by atoms with Gasteiger partial charge in [0.1, 0.15) is 22.3 Å². The van der Waals surface area contributed by atoms with Gasteiger partial charge in [0.05, 0.1) is 16.8 Å². The molecule has 0 saturated carbocycles. The Labute approximate surface area is 336 Å². The molecule has 3 heteroatoms. The van der Waals surface area contributed by atoms with Crippen LogP contribution in [0, 0.1) is 0 Å². The number of nitrogens with zero attached hydrogens (tertiary/aromatic N) is 1. The molecule has 0 radical (unpaired) electrons. The summed E-state index contributed by atoms with van der Waals surface area (Å²) in [7, 11) is 0. The quantitative estimate of drug-likeness (QED) is 0.176. The van der Waals surface area contributed by atoms with Gasteiger partial charge in [-0.1, -0.05) is 141 Å². The molecule has 1 aliphatic rings. The van der Waals surface area contributed by atoms with Crippen molar-refractivity contribution in [3.8, 4) is 33.4 Å². The normalized spacial score (nSPS) is 13.1. The maximum Gasteiger partial charge on any atom is 0.145 e. The highest BCUT2D eigenvalue weighted by atomic mass is 16.3. The van der Waals surface area contributed by atoms with Crippen molar-refractivity contribution in [1.29, 1.82) is 0 Å². The van der Waals surface area contributed by atoms with Crippen LogP contribution in [0.15, 0.2) is 197 Å². The van der Waals surface area contributed by atoms with E-state index in [4.69, 9.17) is 8.83 Å². The number of anilines is 3. The molecule has 274 valence electrons. The number of rotatable bonds is 5. The fourth-order valence-corrected chi connectivity index (χ4v) is 9.62. The SMILES string of the molecule is CC1(C)c2ccccc2-c2c(N(c3ccc(-c4ccc5oc6ccccc6c5c4)cc3)c3ccc(-c4ccc5ccccc5c4)c4oc5ccccc5c34)cccc21. The molecule has 9 aromatic carbocycles. The van der Waals surface area contributed by atoms with E-state index in [1.54, 1.807) is 0 Å². The van der Waals surface area contributed by atoms with Crippen LogP contribution in [0.3, 0.4) is 0 Å². The Morgan fingerprint density at radius 3 is 1.95 bits per heavy atom. The molecule has 0 aliphatic heterocycles. The van der Waals surface area contributed by atoms with E-state index in [1.165, 1.54) is 33.0 Å². The number of hydrogen-bond donors (Lipinski definition) is 0. The molecule has 2 heterocycles. The van der Waals surface area contributed by atoms with Crippen LogP contribution in [-0.4, -0.2) is 0 Å². The molecule has 3 nitrogen and oxygen atoms in total. The molecule has 58 heavy (non-hydrogen) atoms. The molecule has 0 N–H and O–H groups in total. The zero-order valence-corrected chi connectivity index (χ0v) is 32.2. The van der Waals surface area contributed by atoms with Crippen molar-refractivity contribution in [1.82, 2.24) is 0 Å². The maximum atomic E-state index is 6.90. The molecule has 0 spiro atoms. The zero-order chi connectivity index (χ0) is 38.5. The average molecular weight is 744 g/mol.